The van der Waals surface area contributed by atoms with Gasteiger partial charge < -0.3 is 29.5 Å². The van der Waals surface area contributed by atoms with Gasteiger partial charge >= 0.3 is 6.03 Å². The molecule has 2 heterocycles. The average Bonchev–Trinajstić information content (AvgIpc) is 3.40. The van der Waals surface area contributed by atoms with E-state index >= 15 is 0 Å². The Balaban J connectivity index is 1.59. The van der Waals surface area contributed by atoms with Gasteiger partial charge in [0.2, 0.25) is 5.91 Å². The van der Waals surface area contributed by atoms with Gasteiger partial charge in [-0.2, -0.15) is 8.42 Å². The molecule has 3 amide bonds. The fraction of sp³-hybridized carbons (Fsp3) is 0.607. The van der Waals surface area contributed by atoms with E-state index < -0.39 is 22.2 Å². The van der Waals surface area contributed by atoms with Crippen molar-refractivity contribution in [3.05, 3.63) is 36.3 Å². The summed E-state index contributed by atoms with van der Waals surface area (Å²) in [5.41, 5.74) is 0.764. The molecule has 12 nitrogen and oxygen atoms in total. The molecule has 3 N–H and O–H groups in total. The van der Waals surface area contributed by atoms with Crippen molar-refractivity contribution in [2.45, 2.75) is 75.6 Å². The minimum atomic E-state index is -3.94. The lowest BCUT2D eigenvalue weighted by Gasteiger charge is -2.34. The number of aryl methyl sites for hydroxylation is 1. The number of aliphatic hydroxyl groups is 1. The molecular formula is C28H42N6O6S. The topological polar surface area (TPSA) is 146 Å². The lowest BCUT2D eigenvalue weighted by Crippen LogP contribution is -2.50. The minimum Gasteiger partial charge on any atom is -0.488 e. The van der Waals surface area contributed by atoms with Crippen molar-refractivity contribution in [3.8, 4) is 5.75 Å². The zero-order valence-electron chi connectivity index (χ0n) is 24.2. The van der Waals surface area contributed by atoms with E-state index in [4.69, 9.17) is 4.74 Å². The van der Waals surface area contributed by atoms with Crippen LogP contribution in [0.2, 0.25) is 0 Å². The maximum atomic E-state index is 13.4. The number of sulfonamides is 1. The van der Waals surface area contributed by atoms with Crippen LogP contribution in [0, 0.1) is 5.92 Å². The molecule has 41 heavy (non-hydrogen) atoms. The van der Waals surface area contributed by atoms with Crippen molar-refractivity contribution >= 4 is 27.6 Å². The highest BCUT2D eigenvalue weighted by Crippen LogP contribution is 2.30. The second-order valence-corrected chi connectivity index (χ2v) is 13.0. The number of aromatic nitrogens is 2. The maximum absolute atomic E-state index is 13.4. The Morgan fingerprint density at radius 1 is 1.27 bits per heavy atom. The zero-order valence-corrected chi connectivity index (χ0v) is 25.1. The third-order valence-electron chi connectivity index (χ3n) is 7.86. The summed E-state index contributed by atoms with van der Waals surface area (Å²) in [5.74, 6) is 0.0544. The number of likely N-dealkylation sites (N-methyl/N-ethyl adjacent to an activating group) is 1. The summed E-state index contributed by atoms with van der Waals surface area (Å²) in [6.45, 7) is 4.15. The van der Waals surface area contributed by atoms with Crippen LogP contribution < -0.4 is 14.8 Å². The standard InChI is InChI=1S/C28H42N6O6S/c1-19-14-34(20(2)17-35)27(36)13-21-12-23(31-41(38,39)26-16-32(3)18-29-26)10-11-24(21)40-25(19)15-33(4)28(37)30-22-8-6-5-7-9-22/h10-12,16,18-20,22,25,31,35H,5-9,13-15,17H2,1-4H3,(H,30,37)/t19-,20-,25-/m0/s1. The van der Waals surface area contributed by atoms with E-state index in [0.717, 1.165) is 25.7 Å². The molecule has 1 aliphatic carbocycles. The van der Waals surface area contributed by atoms with Crippen molar-refractivity contribution < 1.29 is 27.9 Å². The predicted molar refractivity (Wildman–Crippen MR) is 154 cm³/mol. The molecule has 1 saturated carbocycles. The number of imidazole rings is 1. The van der Waals surface area contributed by atoms with E-state index in [1.807, 2.05) is 6.92 Å². The van der Waals surface area contributed by atoms with E-state index in [-0.39, 0.29) is 54.2 Å². The molecule has 0 bridgehead atoms. The Morgan fingerprint density at radius 2 is 2.00 bits per heavy atom. The number of nitrogens with one attached hydrogen (secondary N) is 2. The monoisotopic (exact) mass is 590 g/mol. The highest BCUT2D eigenvalue weighted by Gasteiger charge is 2.32. The SMILES string of the molecule is C[C@H]1CN([C@@H](C)CO)C(=O)Cc2cc(NS(=O)(=O)c3cn(C)cn3)ccc2O[C@H]1CN(C)C(=O)NC1CCCCC1. The largest absolute Gasteiger partial charge is 0.488 e. The quantitative estimate of drug-likeness (QED) is 0.428. The second-order valence-electron chi connectivity index (χ2n) is 11.4. The van der Waals surface area contributed by atoms with Crippen LogP contribution in [0.25, 0.3) is 0 Å². The van der Waals surface area contributed by atoms with E-state index in [1.54, 1.807) is 49.0 Å². The van der Waals surface area contributed by atoms with Crippen LogP contribution in [0.15, 0.2) is 35.7 Å². The maximum Gasteiger partial charge on any atom is 0.317 e. The number of rotatable bonds is 8. The summed E-state index contributed by atoms with van der Waals surface area (Å²) in [4.78, 5) is 33.6. The van der Waals surface area contributed by atoms with Crippen LogP contribution in [0.5, 0.6) is 5.75 Å². The summed E-state index contributed by atoms with van der Waals surface area (Å²) in [6, 6.07) is 4.39. The van der Waals surface area contributed by atoms with Crippen molar-refractivity contribution in [1.29, 1.82) is 0 Å². The Kier molecular flexibility index (Phi) is 9.80. The number of fused-ring (bicyclic) bond motifs is 1. The van der Waals surface area contributed by atoms with Crippen LogP contribution in [0.4, 0.5) is 10.5 Å². The highest BCUT2D eigenvalue weighted by atomic mass is 32.2. The molecule has 13 heteroatoms. The van der Waals surface area contributed by atoms with Gasteiger partial charge in [-0.15, -0.1) is 0 Å². The molecule has 1 fully saturated rings. The molecule has 1 aromatic heterocycles. The van der Waals surface area contributed by atoms with Crippen molar-refractivity contribution in [3.63, 3.8) is 0 Å². The first-order chi connectivity index (χ1) is 19.5. The molecule has 0 saturated heterocycles. The average molecular weight is 591 g/mol. The molecule has 1 aliphatic heterocycles. The Morgan fingerprint density at radius 3 is 2.66 bits per heavy atom. The molecule has 4 rings (SSSR count). The number of ether oxygens (including phenoxy) is 1. The lowest BCUT2D eigenvalue weighted by molar-refractivity contribution is -0.134. The summed E-state index contributed by atoms with van der Waals surface area (Å²) in [5, 5.41) is 12.9. The number of urea groups is 1. The van der Waals surface area contributed by atoms with Gasteiger partial charge in [-0.1, -0.05) is 26.2 Å². The van der Waals surface area contributed by atoms with Crippen molar-refractivity contribution in [2.24, 2.45) is 13.0 Å². The number of carbonyl (C=O) groups excluding carboxylic acids is 2. The normalized spacial score (nSPS) is 21.1. The highest BCUT2D eigenvalue weighted by molar-refractivity contribution is 7.92. The smallest absolute Gasteiger partial charge is 0.317 e. The second kappa shape index (κ2) is 13.1. The first-order valence-corrected chi connectivity index (χ1v) is 15.7. The number of aliphatic hydroxyl groups excluding tert-OH is 1. The van der Waals surface area contributed by atoms with Gasteiger partial charge in [0.15, 0.2) is 5.03 Å². The van der Waals surface area contributed by atoms with Crippen LogP contribution >= 0.6 is 0 Å². The van der Waals surface area contributed by atoms with E-state index in [2.05, 4.69) is 15.0 Å². The zero-order chi connectivity index (χ0) is 29.7. The summed E-state index contributed by atoms with van der Waals surface area (Å²) >= 11 is 0. The van der Waals surface area contributed by atoms with Crippen molar-refractivity contribution in [1.82, 2.24) is 24.7 Å². The first-order valence-electron chi connectivity index (χ1n) is 14.2. The Labute approximate surface area is 242 Å². The fourth-order valence-corrected chi connectivity index (χ4v) is 6.36. The summed E-state index contributed by atoms with van der Waals surface area (Å²) in [7, 11) is -0.534. The number of amides is 3. The van der Waals surface area contributed by atoms with E-state index in [9.17, 15) is 23.1 Å². The number of hydrogen-bond donors (Lipinski definition) is 3. The predicted octanol–water partition coefficient (Wildman–Crippen LogP) is 2.34. The Bertz CT molecular complexity index is 1330. The van der Waals surface area contributed by atoms with Gasteiger partial charge in [-0.05, 0) is 38.0 Å². The molecule has 1 aromatic carbocycles. The molecule has 0 spiro atoms. The van der Waals surface area contributed by atoms with Gasteiger partial charge in [0.05, 0.1) is 31.9 Å². The third-order valence-corrected chi connectivity index (χ3v) is 9.12. The molecular weight excluding hydrogens is 548 g/mol. The minimum absolute atomic E-state index is 0.0454. The van der Waals surface area contributed by atoms with Gasteiger partial charge in [-0.25, -0.2) is 9.78 Å². The van der Waals surface area contributed by atoms with Crippen LogP contribution in [0.1, 0.15) is 51.5 Å². The third kappa shape index (κ3) is 7.70. The molecule has 3 atom stereocenters. The van der Waals surface area contributed by atoms with Gasteiger partial charge in [0, 0.05) is 50.0 Å². The van der Waals surface area contributed by atoms with Gasteiger partial charge in [0.1, 0.15) is 11.9 Å². The molecule has 0 unspecified atom stereocenters. The molecule has 2 aliphatic rings. The van der Waals surface area contributed by atoms with E-state index in [1.165, 1.54) is 23.5 Å². The number of anilines is 1. The number of benzene rings is 1. The van der Waals surface area contributed by atoms with Crippen LogP contribution in [0.3, 0.4) is 0 Å². The number of carbonyl (C=O) groups is 2. The first kappa shape index (κ1) is 30.6. The van der Waals surface area contributed by atoms with Crippen LogP contribution in [-0.4, -0.2) is 89.7 Å². The number of hydrogen-bond acceptors (Lipinski definition) is 7. The van der Waals surface area contributed by atoms with Crippen LogP contribution in [-0.2, 0) is 28.3 Å². The van der Waals surface area contributed by atoms with Gasteiger partial charge in [-0.3, -0.25) is 9.52 Å². The van der Waals surface area contributed by atoms with Gasteiger partial charge in [0.25, 0.3) is 10.0 Å². The molecule has 2 aromatic rings. The fourth-order valence-electron chi connectivity index (χ4n) is 5.33. The summed E-state index contributed by atoms with van der Waals surface area (Å²) in [6.07, 6.45) is 7.66. The Hall–Kier alpha value is -3.32. The van der Waals surface area contributed by atoms with Crippen molar-refractivity contribution in [2.75, 3.05) is 31.5 Å². The van der Waals surface area contributed by atoms with E-state index in [0.29, 0.717) is 17.9 Å². The number of nitrogens with zero attached hydrogens (tertiary/aromatic N) is 4. The lowest BCUT2D eigenvalue weighted by atomic mass is 9.96. The molecule has 0 radical (unpaired) electrons. The molecule has 226 valence electrons. The summed E-state index contributed by atoms with van der Waals surface area (Å²) < 4.78 is 36.3.